The summed E-state index contributed by atoms with van der Waals surface area (Å²) < 4.78 is 18.3. The third-order valence-corrected chi connectivity index (χ3v) is 3.31. The number of carbonyl (C=O) groups excluding carboxylic acids is 2. The quantitative estimate of drug-likeness (QED) is 0.795. The number of ether oxygens (including phenoxy) is 1. The summed E-state index contributed by atoms with van der Waals surface area (Å²) in [6.07, 6.45) is 0. The number of carbonyl (C=O) groups is 2. The zero-order chi connectivity index (χ0) is 17.0. The molecule has 0 unspecified atom stereocenters. The number of amides is 1. The number of anilines is 1. The van der Waals surface area contributed by atoms with E-state index in [1.54, 1.807) is 0 Å². The van der Waals surface area contributed by atoms with Gasteiger partial charge in [0.25, 0.3) is 5.91 Å². The van der Waals surface area contributed by atoms with Gasteiger partial charge in [-0.05, 0) is 36.4 Å². The minimum Gasteiger partial charge on any atom is -0.452 e. The van der Waals surface area contributed by atoms with Crippen molar-refractivity contribution in [2.24, 2.45) is 0 Å². The number of hydrogen-bond acceptors (Lipinski definition) is 3. The smallest absolute Gasteiger partial charge is 0.338 e. The lowest BCUT2D eigenvalue weighted by atomic mass is 10.2. The van der Waals surface area contributed by atoms with Gasteiger partial charge in [-0.3, -0.25) is 4.79 Å². The standard InChI is InChI=1S/C15H9Cl3FNO3/c16-9-1-2-12(19)13(6-9)20-14(21)7-23-15(22)8-3-10(17)5-11(18)4-8/h1-6H,7H2,(H,20,21). The molecule has 0 aliphatic rings. The first-order valence-electron chi connectivity index (χ1n) is 6.23. The summed E-state index contributed by atoms with van der Waals surface area (Å²) in [5.41, 5.74) is -0.00594. The van der Waals surface area contributed by atoms with Crippen LogP contribution in [-0.2, 0) is 9.53 Å². The molecule has 0 aliphatic carbocycles. The Balaban J connectivity index is 1.96. The maximum absolute atomic E-state index is 13.5. The molecule has 0 saturated heterocycles. The molecular formula is C15H9Cl3FNO3. The van der Waals surface area contributed by atoms with Crippen molar-refractivity contribution in [1.82, 2.24) is 0 Å². The highest BCUT2D eigenvalue weighted by Crippen LogP contribution is 2.20. The second-order valence-electron chi connectivity index (χ2n) is 4.41. The Bertz CT molecular complexity index is 747. The Labute approximate surface area is 146 Å². The maximum Gasteiger partial charge on any atom is 0.338 e. The van der Waals surface area contributed by atoms with Crippen LogP contribution in [0.1, 0.15) is 10.4 Å². The summed E-state index contributed by atoms with van der Waals surface area (Å²) in [4.78, 5) is 23.5. The summed E-state index contributed by atoms with van der Waals surface area (Å²) in [5.74, 6) is -2.15. The fourth-order valence-corrected chi connectivity index (χ4v) is 2.36. The number of halogens is 4. The third-order valence-electron chi connectivity index (χ3n) is 2.64. The molecule has 1 amide bonds. The zero-order valence-electron chi connectivity index (χ0n) is 11.4. The Kier molecular flexibility index (Phi) is 5.82. The van der Waals surface area contributed by atoms with Crippen LogP contribution in [0.3, 0.4) is 0 Å². The van der Waals surface area contributed by atoms with Gasteiger partial charge in [0, 0.05) is 15.1 Å². The van der Waals surface area contributed by atoms with Crippen molar-refractivity contribution in [1.29, 1.82) is 0 Å². The second kappa shape index (κ2) is 7.64. The Morgan fingerprint density at radius 1 is 1.00 bits per heavy atom. The molecule has 0 heterocycles. The number of hydrogen-bond donors (Lipinski definition) is 1. The molecule has 4 nitrogen and oxygen atoms in total. The van der Waals surface area contributed by atoms with Gasteiger partial charge in [-0.2, -0.15) is 0 Å². The lowest BCUT2D eigenvalue weighted by Gasteiger charge is -2.08. The second-order valence-corrected chi connectivity index (χ2v) is 5.72. The van der Waals surface area contributed by atoms with Crippen LogP contribution in [0.25, 0.3) is 0 Å². The molecule has 2 aromatic rings. The minimum atomic E-state index is -0.781. The van der Waals surface area contributed by atoms with E-state index in [4.69, 9.17) is 39.5 Å². The molecule has 0 bridgehead atoms. The summed E-state index contributed by atoms with van der Waals surface area (Å²) in [6, 6.07) is 7.85. The number of nitrogens with one attached hydrogen (secondary N) is 1. The van der Waals surface area contributed by atoms with Crippen molar-refractivity contribution >= 4 is 52.4 Å². The first-order chi connectivity index (χ1) is 10.8. The SMILES string of the molecule is O=C(COC(=O)c1cc(Cl)cc(Cl)c1)Nc1cc(Cl)ccc1F. The van der Waals surface area contributed by atoms with E-state index < -0.39 is 24.3 Å². The van der Waals surface area contributed by atoms with Crippen LogP contribution in [-0.4, -0.2) is 18.5 Å². The lowest BCUT2D eigenvalue weighted by Crippen LogP contribution is -2.21. The minimum absolute atomic E-state index is 0.101. The molecule has 0 aromatic heterocycles. The molecule has 1 N–H and O–H groups in total. The van der Waals surface area contributed by atoms with Crippen LogP contribution in [0.5, 0.6) is 0 Å². The lowest BCUT2D eigenvalue weighted by molar-refractivity contribution is -0.119. The van der Waals surface area contributed by atoms with Crippen molar-refractivity contribution < 1.29 is 18.7 Å². The molecule has 2 rings (SSSR count). The van der Waals surface area contributed by atoms with E-state index >= 15 is 0 Å². The average Bonchev–Trinajstić information content (AvgIpc) is 2.47. The van der Waals surface area contributed by atoms with Crippen LogP contribution in [0, 0.1) is 5.82 Å². The highest BCUT2D eigenvalue weighted by molar-refractivity contribution is 6.35. The van der Waals surface area contributed by atoms with Gasteiger partial charge in [0.05, 0.1) is 11.3 Å². The van der Waals surface area contributed by atoms with Crippen LogP contribution in [0.4, 0.5) is 10.1 Å². The van der Waals surface area contributed by atoms with Gasteiger partial charge in [-0.15, -0.1) is 0 Å². The molecule has 0 radical (unpaired) electrons. The van der Waals surface area contributed by atoms with Gasteiger partial charge in [0.1, 0.15) is 5.82 Å². The molecule has 120 valence electrons. The fourth-order valence-electron chi connectivity index (χ4n) is 1.67. The van der Waals surface area contributed by atoms with E-state index in [-0.39, 0.29) is 26.3 Å². The van der Waals surface area contributed by atoms with Gasteiger partial charge >= 0.3 is 5.97 Å². The van der Waals surface area contributed by atoms with E-state index in [0.29, 0.717) is 0 Å². The van der Waals surface area contributed by atoms with Crippen LogP contribution in [0.2, 0.25) is 15.1 Å². The summed E-state index contributed by atoms with van der Waals surface area (Å²) >= 11 is 17.3. The molecule has 0 spiro atoms. The van der Waals surface area contributed by atoms with E-state index in [2.05, 4.69) is 5.32 Å². The molecular weight excluding hydrogens is 368 g/mol. The van der Waals surface area contributed by atoms with E-state index in [1.165, 1.54) is 30.3 Å². The largest absolute Gasteiger partial charge is 0.452 e. The van der Waals surface area contributed by atoms with Crippen LogP contribution in [0.15, 0.2) is 36.4 Å². The maximum atomic E-state index is 13.5. The molecule has 23 heavy (non-hydrogen) atoms. The van der Waals surface area contributed by atoms with Gasteiger partial charge in [-0.25, -0.2) is 9.18 Å². The van der Waals surface area contributed by atoms with Crippen LogP contribution < -0.4 is 5.32 Å². The van der Waals surface area contributed by atoms with Crippen molar-refractivity contribution in [3.05, 3.63) is 62.8 Å². The topological polar surface area (TPSA) is 55.4 Å². The fraction of sp³-hybridized carbons (Fsp3) is 0.0667. The monoisotopic (exact) mass is 375 g/mol. The van der Waals surface area contributed by atoms with E-state index in [9.17, 15) is 14.0 Å². The third kappa shape index (κ3) is 5.10. The molecule has 0 saturated carbocycles. The van der Waals surface area contributed by atoms with Gasteiger partial charge in [0.2, 0.25) is 0 Å². The van der Waals surface area contributed by atoms with Gasteiger partial charge in [-0.1, -0.05) is 34.8 Å². The van der Waals surface area contributed by atoms with E-state index in [0.717, 1.165) is 6.07 Å². The van der Waals surface area contributed by atoms with Gasteiger partial charge in [0.15, 0.2) is 6.61 Å². The number of rotatable bonds is 4. The van der Waals surface area contributed by atoms with Crippen molar-refractivity contribution in [2.45, 2.75) is 0 Å². The van der Waals surface area contributed by atoms with Crippen LogP contribution >= 0.6 is 34.8 Å². The number of esters is 1. The predicted molar refractivity (Wildman–Crippen MR) is 86.8 cm³/mol. The molecule has 0 aliphatic heterocycles. The first-order valence-corrected chi connectivity index (χ1v) is 7.36. The Morgan fingerprint density at radius 3 is 2.30 bits per heavy atom. The Hall–Kier alpha value is -1.82. The molecule has 0 atom stereocenters. The van der Waals surface area contributed by atoms with Gasteiger partial charge < -0.3 is 10.1 Å². The Morgan fingerprint density at radius 2 is 1.65 bits per heavy atom. The summed E-state index contributed by atoms with van der Waals surface area (Å²) in [6.45, 7) is -0.602. The van der Waals surface area contributed by atoms with Crippen molar-refractivity contribution in [3.63, 3.8) is 0 Å². The summed E-state index contributed by atoms with van der Waals surface area (Å²) in [5, 5.41) is 3.03. The molecule has 8 heteroatoms. The van der Waals surface area contributed by atoms with Crippen molar-refractivity contribution in [2.75, 3.05) is 11.9 Å². The van der Waals surface area contributed by atoms with Crippen molar-refractivity contribution in [3.8, 4) is 0 Å². The highest BCUT2D eigenvalue weighted by atomic mass is 35.5. The molecule has 0 fully saturated rings. The normalized spacial score (nSPS) is 10.3. The first kappa shape index (κ1) is 17.5. The predicted octanol–water partition coefficient (Wildman–Crippen LogP) is 4.58. The summed E-state index contributed by atoms with van der Waals surface area (Å²) in [7, 11) is 0. The average molecular weight is 377 g/mol. The van der Waals surface area contributed by atoms with E-state index in [1.807, 2.05) is 0 Å². The zero-order valence-corrected chi connectivity index (χ0v) is 13.7. The number of benzene rings is 2. The molecule has 2 aromatic carbocycles. The highest BCUT2D eigenvalue weighted by Gasteiger charge is 2.13.